The van der Waals surface area contributed by atoms with Crippen LogP contribution >= 0.6 is 27.3 Å². The Bertz CT molecular complexity index is 563. The molecule has 3 rings (SSSR count). The predicted molar refractivity (Wildman–Crippen MR) is 76.1 cm³/mol. The van der Waals surface area contributed by atoms with Crippen LogP contribution in [0.3, 0.4) is 0 Å². The number of rotatable bonds is 3. The van der Waals surface area contributed by atoms with E-state index in [0.29, 0.717) is 31.5 Å². The average molecular weight is 344 g/mol. The lowest BCUT2D eigenvalue weighted by Crippen LogP contribution is -2.40. The third-order valence-corrected chi connectivity index (χ3v) is 5.13. The number of hydrogen-bond donors (Lipinski definition) is 1. The second-order valence-electron chi connectivity index (χ2n) is 4.62. The van der Waals surface area contributed by atoms with Crippen molar-refractivity contribution in [2.75, 3.05) is 19.8 Å². The van der Waals surface area contributed by atoms with Gasteiger partial charge in [-0.2, -0.15) is 4.98 Å². The topological polar surface area (TPSA) is 74.2 Å². The lowest BCUT2D eigenvalue weighted by molar-refractivity contribution is 0.0409. The summed E-state index contributed by atoms with van der Waals surface area (Å²) in [5.41, 5.74) is 5.71. The van der Waals surface area contributed by atoms with Crippen LogP contribution in [0, 0.1) is 0 Å². The lowest BCUT2D eigenvalue weighted by Gasteiger charge is -2.32. The van der Waals surface area contributed by atoms with Gasteiger partial charge in [0.05, 0.1) is 14.1 Å². The number of ether oxygens (including phenoxy) is 1. The quantitative estimate of drug-likeness (QED) is 0.926. The molecule has 7 heteroatoms. The molecule has 1 fully saturated rings. The summed E-state index contributed by atoms with van der Waals surface area (Å²) in [6.07, 6.45) is 1.67. The number of hydrogen-bond acceptors (Lipinski definition) is 6. The molecule has 1 aliphatic heterocycles. The van der Waals surface area contributed by atoms with Crippen LogP contribution < -0.4 is 5.73 Å². The summed E-state index contributed by atoms with van der Waals surface area (Å²) in [5.74, 6) is 1.27. The van der Waals surface area contributed by atoms with Gasteiger partial charge in [0.2, 0.25) is 11.7 Å². The first-order valence-electron chi connectivity index (χ1n) is 6.11. The predicted octanol–water partition coefficient (Wildman–Crippen LogP) is 2.57. The van der Waals surface area contributed by atoms with Crippen molar-refractivity contribution in [1.82, 2.24) is 10.1 Å². The van der Waals surface area contributed by atoms with Gasteiger partial charge < -0.3 is 15.0 Å². The van der Waals surface area contributed by atoms with Crippen molar-refractivity contribution in [3.05, 3.63) is 21.8 Å². The molecule has 0 amide bonds. The molecule has 1 saturated heterocycles. The Morgan fingerprint density at radius 2 is 2.16 bits per heavy atom. The largest absolute Gasteiger partial charge is 0.381 e. The van der Waals surface area contributed by atoms with E-state index < -0.39 is 0 Å². The van der Waals surface area contributed by atoms with Gasteiger partial charge in [-0.05, 0) is 40.9 Å². The molecule has 0 unspecified atom stereocenters. The van der Waals surface area contributed by atoms with Crippen molar-refractivity contribution in [2.24, 2.45) is 5.73 Å². The Labute approximate surface area is 123 Å². The summed E-state index contributed by atoms with van der Waals surface area (Å²) in [5, 5.41) is 4.08. The van der Waals surface area contributed by atoms with Gasteiger partial charge >= 0.3 is 0 Å². The van der Waals surface area contributed by atoms with Crippen LogP contribution in [0.2, 0.25) is 0 Å². The van der Waals surface area contributed by atoms with Gasteiger partial charge in [0.15, 0.2) is 0 Å². The Kier molecular flexibility index (Phi) is 3.70. The van der Waals surface area contributed by atoms with Crippen molar-refractivity contribution >= 4 is 27.3 Å². The van der Waals surface area contributed by atoms with Gasteiger partial charge in [0.1, 0.15) is 0 Å². The van der Waals surface area contributed by atoms with E-state index in [-0.39, 0.29) is 5.41 Å². The van der Waals surface area contributed by atoms with Crippen LogP contribution in [0.15, 0.2) is 20.4 Å². The maximum Gasteiger partial charge on any atom is 0.234 e. The second-order valence-corrected chi connectivity index (χ2v) is 7.09. The molecule has 2 aromatic rings. The molecule has 0 atom stereocenters. The van der Waals surface area contributed by atoms with Crippen molar-refractivity contribution in [2.45, 2.75) is 18.3 Å². The Morgan fingerprint density at radius 3 is 2.79 bits per heavy atom. The van der Waals surface area contributed by atoms with Crippen LogP contribution in [-0.2, 0) is 10.2 Å². The fraction of sp³-hybridized carbons (Fsp3) is 0.500. The molecular weight excluding hydrogens is 330 g/mol. The fourth-order valence-electron chi connectivity index (χ4n) is 2.24. The summed E-state index contributed by atoms with van der Waals surface area (Å²) in [4.78, 5) is 5.52. The van der Waals surface area contributed by atoms with Gasteiger partial charge in [0.25, 0.3) is 0 Å². The smallest absolute Gasteiger partial charge is 0.234 e. The Hall–Kier alpha value is -0.760. The standard InChI is InChI=1S/C12H14BrN3O2S/c13-9-2-1-8(19-9)10-15-11(18-16-10)12(7-14)3-5-17-6-4-12/h1-2H,3-7,14H2. The minimum absolute atomic E-state index is 0.224. The monoisotopic (exact) mass is 343 g/mol. The van der Waals surface area contributed by atoms with Crippen molar-refractivity contribution in [3.8, 4) is 10.7 Å². The minimum Gasteiger partial charge on any atom is -0.381 e. The molecule has 0 saturated carbocycles. The van der Waals surface area contributed by atoms with Gasteiger partial charge in [-0.15, -0.1) is 11.3 Å². The number of nitrogens with two attached hydrogens (primary N) is 1. The highest BCUT2D eigenvalue weighted by Crippen LogP contribution is 2.35. The van der Waals surface area contributed by atoms with E-state index in [9.17, 15) is 0 Å². The van der Waals surface area contributed by atoms with E-state index in [1.165, 1.54) is 0 Å². The molecule has 5 nitrogen and oxygen atoms in total. The van der Waals surface area contributed by atoms with Gasteiger partial charge in [-0.1, -0.05) is 5.16 Å². The molecule has 3 heterocycles. The van der Waals surface area contributed by atoms with E-state index in [1.807, 2.05) is 12.1 Å². The highest BCUT2D eigenvalue weighted by atomic mass is 79.9. The number of halogens is 1. The highest BCUT2D eigenvalue weighted by Gasteiger charge is 2.38. The molecule has 1 aliphatic rings. The summed E-state index contributed by atoms with van der Waals surface area (Å²) in [6, 6.07) is 3.95. The molecule has 2 aromatic heterocycles. The van der Waals surface area contributed by atoms with E-state index in [1.54, 1.807) is 11.3 Å². The summed E-state index contributed by atoms with van der Waals surface area (Å²) in [7, 11) is 0. The van der Waals surface area contributed by atoms with E-state index in [0.717, 1.165) is 21.5 Å². The SMILES string of the molecule is NCC1(c2nc(-c3ccc(Br)s3)no2)CCOCC1. The van der Waals surface area contributed by atoms with E-state index in [4.69, 9.17) is 15.0 Å². The molecule has 19 heavy (non-hydrogen) atoms. The third-order valence-electron chi connectivity index (χ3n) is 3.51. The molecule has 0 bridgehead atoms. The second kappa shape index (κ2) is 5.32. The summed E-state index contributed by atoms with van der Waals surface area (Å²) < 4.78 is 11.9. The van der Waals surface area contributed by atoms with Crippen molar-refractivity contribution < 1.29 is 9.26 Å². The fourth-order valence-corrected chi connectivity index (χ4v) is 3.55. The van der Waals surface area contributed by atoms with Crippen LogP contribution in [0.5, 0.6) is 0 Å². The molecule has 0 radical (unpaired) electrons. The summed E-state index contributed by atoms with van der Waals surface area (Å²) >= 11 is 5.02. The highest BCUT2D eigenvalue weighted by molar-refractivity contribution is 9.11. The molecule has 0 aliphatic carbocycles. The van der Waals surface area contributed by atoms with Crippen LogP contribution in [0.1, 0.15) is 18.7 Å². The zero-order valence-electron chi connectivity index (χ0n) is 10.3. The average Bonchev–Trinajstić information content (AvgIpc) is 3.08. The van der Waals surface area contributed by atoms with E-state index >= 15 is 0 Å². The Balaban J connectivity index is 1.91. The van der Waals surface area contributed by atoms with Crippen LogP contribution in [0.25, 0.3) is 10.7 Å². The third kappa shape index (κ3) is 2.47. The first-order chi connectivity index (χ1) is 9.23. The molecule has 0 spiro atoms. The normalized spacial score (nSPS) is 18.6. The van der Waals surface area contributed by atoms with Gasteiger partial charge in [-0.25, -0.2) is 0 Å². The zero-order valence-corrected chi connectivity index (χ0v) is 12.7. The van der Waals surface area contributed by atoms with Crippen molar-refractivity contribution in [3.63, 3.8) is 0 Å². The zero-order chi connectivity index (χ0) is 13.3. The molecule has 0 aromatic carbocycles. The first-order valence-corrected chi connectivity index (χ1v) is 7.72. The Morgan fingerprint density at radius 1 is 1.37 bits per heavy atom. The minimum atomic E-state index is -0.224. The molecule has 2 N–H and O–H groups in total. The molecule has 102 valence electrons. The van der Waals surface area contributed by atoms with Crippen LogP contribution in [0.4, 0.5) is 0 Å². The maximum atomic E-state index is 5.93. The number of nitrogens with zero attached hydrogens (tertiary/aromatic N) is 2. The van der Waals surface area contributed by atoms with E-state index in [2.05, 4.69) is 26.1 Å². The summed E-state index contributed by atoms with van der Waals surface area (Å²) in [6.45, 7) is 1.89. The van der Waals surface area contributed by atoms with Gasteiger partial charge in [-0.3, -0.25) is 0 Å². The van der Waals surface area contributed by atoms with Gasteiger partial charge in [0, 0.05) is 19.8 Å². The van der Waals surface area contributed by atoms with Crippen LogP contribution in [-0.4, -0.2) is 29.9 Å². The lowest BCUT2D eigenvalue weighted by atomic mass is 9.80. The maximum absolute atomic E-state index is 5.93. The number of thiophene rings is 1. The number of aromatic nitrogens is 2. The molecular formula is C12H14BrN3O2S. The first kappa shape index (κ1) is 13.2. The van der Waals surface area contributed by atoms with Crippen molar-refractivity contribution in [1.29, 1.82) is 0 Å².